The van der Waals surface area contributed by atoms with Crippen LogP contribution in [0, 0.1) is 0 Å². The van der Waals surface area contributed by atoms with E-state index in [-0.39, 0.29) is 0 Å². The van der Waals surface area contributed by atoms with Crippen LogP contribution in [-0.2, 0) is 6.42 Å². The molecule has 0 spiro atoms. The van der Waals surface area contributed by atoms with Crippen LogP contribution in [0.15, 0.2) is 6.20 Å². The van der Waals surface area contributed by atoms with Crippen molar-refractivity contribution in [3.63, 3.8) is 0 Å². The number of rotatable bonds is 6. The van der Waals surface area contributed by atoms with Gasteiger partial charge in [0.25, 0.3) is 0 Å². The minimum Gasteiger partial charge on any atom is -0.382 e. The molecule has 19 heavy (non-hydrogen) atoms. The van der Waals surface area contributed by atoms with Crippen LogP contribution in [0.25, 0.3) is 0 Å². The largest absolute Gasteiger partial charge is 0.382 e. The molecule has 0 atom stereocenters. The van der Waals surface area contributed by atoms with E-state index in [0.717, 1.165) is 43.1 Å². The number of nitrogens with zero attached hydrogens (tertiary/aromatic N) is 2. The molecule has 0 amide bonds. The zero-order valence-corrected chi connectivity index (χ0v) is 12.0. The molecule has 1 aliphatic carbocycles. The van der Waals surface area contributed by atoms with E-state index >= 15 is 0 Å². The molecule has 0 saturated heterocycles. The fourth-order valence-electron chi connectivity index (χ4n) is 2.73. The molecule has 1 aromatic rings. The third kappa shape index (κ3) is 3.90. The summed E-state index contributed by atoms with van der Waals surface area (Å²) in [5, 5.41) is 3.39. The lowest BCUT2D eigenvalue weighted by molar-refractivity contribution is 0.428. The van der Waals surface area contributed by atoms with E-state index in [0.29, 0.717) is 5.92 Å². The zero-order valence-electron chi connectivity index (χ0n) is 12.0. The smallest absolute Gasteiger partial charge is 0.131 e. The second kappa shape index (κ2) is 7.43. The Morgan fingerprint density at radius 2 is 2.11 bits per heavy atom. The van der Waals surface area contributed by atoms with Gasteiger partial charge in [0.15, 0.2) is 0 Å². The molecule has 4 heteroatoms. The number of nitrogens with two attached hydrogens (primary N) is 1. The van der Waals surface area contributed by atoms with E-state index in [1.165, 1.54) is 32.1 Å². The van der Waals surface area contributed by atoms with E-state index < -0.39 is 0 Å². The monoisotopic (exact) mass is 262 g/mol. The number of aryl methyl sites for hydroxylation is 1. The first-order valence-electron chi connectivity index (χ1n) is 7.65. The summed E-state index contributed by atoms with van der Waals surface area (Å²) in [7, 11) is 0. The zero-order chi connectivity index (χ0) is 13.5. The molecule has 3 N–H and O–H groups in total. The minimum absolute atomic E-state index is 0.581. The summed E-state index contributed by atoms with van der Waals surface area (Å²) in [6.45, 7) is 3.77. The molecular formula is C15H26N4. The molecule has 0 aromatic carbocycles. The van der Waals surface area contributed by atoms with Gasteiger partial charge >= 0.3 is 0 Å². The molecule has 1 heterocycles. The fraction of sp³-hybridized carbons (Fsp3) is 0.733. The van der Waals surface area contributed by atoms with Gasteiger partial charge < -0.3 is 11.1 Å². The van der Waals surface area contributed by atoms with Crippen LogP contribution in [0.3, 0.4) is 0 Å². The highest BCUT2D eigenvalue weighted by atomic mass is 15.0. The Balaban J connectivity index is 2.06. The van der Waals surface area contributed by atoms with Crippen molar-refractivity contribution in [3.8, 4) is 0 Å². The van der Waals surface area contributed by atoms with Crippen molar-refractivity contribution in [2.45, 2.75) is 57.8 Å². The number of nitrogens with one attached hydrogen (secondary N) is 1. The summed E-state index contributed by atoms with van der Waals surface area (Å²) < 4.78 is 0. The Bertz CT molecular complexity index is 386. The Kier molecular flexibility index (Phi) is 5.58. The molecule has 106 valence electrons. The average Bonchev–Trinajstić information content (AvgIpc) is 2.48. The highest BCUT2D eigenvalue weighted by Gasteiger charge is 2.19. The molecule has 1 aliphatic rings. The molecule has 1 saturated carbocycles. The van der Waals surface area contributed by atoms with Gasteiger partial charge in [0, 0.05) is 12.5 Å². The van der Waals surface area contributed by atoms with Crippen molar-refractivity contribution in [3.05, 3.63) is 17.7 Å². The maximum absolute atomic E-state index is 5.51. The lowest BCUT2D eigenvalue weighted by atomic mass is 9.88. The number of hydrogen-bond donors (Lipinski definition) is 2. The molecule has 2 rings (SSSR count). The Morgan fingerprint density at radius 3 is 2.79 bits per heavy atom. The van der Waals surface area contributed by atoms with Crippen LogP contribution in [0.1, 0.15) is 62.9 Å². The van der Waals surface area contributed by atoms with Gasteiger partial charge in [0.2, 0.25) is 0 Å². The van der Waals surface area contributed by atoms with E-state index in [9.17, 15) is 0 Å². The van der Waals surface area contributed by atoms with Gasteiger partial charge in [-0.05, 0) is 32.2 Å². The van der Waals surface area contributed by atoms with Gasteiger partial charge in [0.1, 0.15) is 5.82 Å². The first-order chi connectivity index (χ1) is 9.35. The number of anilines is 1. The van der Waals surface area contributed by atoms with Crippen LogP contribution in [0.5, 0.6) is 0 Å². The summed E-state index contributed by atoms with van der Waals surface area (Å²) >= 11 is 0. The quantitative estimate of drug-likeness (QED) is 0.774. The maximum Gasteiger partial charge on any atom is 0.131 e. The van der Waals surface area contributed by atoms with Gasteiger partial charge in [-0.1, -0.05) is 26.2 Å². The number of aromatic nitrogens is 2. The second-order valence-corrected chi connectivity index (χ2v) is 5.35. The van der Waals surface area contributed by atoms with Crippen molar-refractivity contribution in [2.24, 2.45) is 5.73 Å². The predicted molar refractivity (Wildman–Crippen MR) is 79.4 cm³/mol. The molecule has 0 radical (unpaired) electrons. The van der Waals surface area contributed by atoms with Crippen molar-refractivity contribution in [1.29, 1.82) is 0 Å². The van der Waals surface area contributed by atoms with Crippen LogP contribution < -0.4 is 11.1 Å². The Hall–Kier alpha value is -1.16. The molecule has 0 aliphatic heterocycles. The summed E-state index contributed by atoms with van der Waals surface area (Å²) in [6.07, 6.45) is 10.4. The lowest BCUT2D eigenvalue weighted by Gasteiger charge is -2.21. The summed E-state index contributed by atoms with van der Waals surface area (Å²) in [5.74, 6) is 1.64. The van der Waals surface area contributed by atoms with Crippen LogP contribution in [0.2, 0.25) is 0 Å². The predicted octanol–water partition coefficient (Wildman–Crippen LogP) is 2.85. The van der Waals surface area contributed by atoms with Crippen molar-refractivity contribution in [2.75, 3.05) is 18.4 Å². The van der Waals surface area contributed by atoms with E-state index in [4.69, 9.17) is 10.7 Å². The second-order valence-electron chi connectivity index (χ2n) is 5.35. The Morgan fingerprint density at radius 1 is 1.32 bits per heavy atom. The van der Waals surface area contributed by atoms with Crippen LogP contribution >= 0.6 is 0 Å². The molecule has 0 unspecified atom stereocenters. The van der Waals surface area contributed by atoms with Gasteiger partial charge in [-0.2, -0.15) is 0 Å². The van der Waals surface area contributed by atoms with E-state index in [2.05, 4.69) is 17.2 Å². The normalized spacial score (nSPS) is 16.5. The first-order valence-corrected chi connectivity index (χ1v) is 7.65. The molecule has 1 fully saturated rings. The SMILES string of the molecule is CCc1nc(C2CCCCC2)ncc1NCCCN. The lowest BCUT2D eigenvalue weighted by Crippen LogP contribution is -2.14. The Labute approximate surface area is 116 Å². The highest BCUT2D eigenvalue weighted by Crippen LogP contribution is 2.31. The van der Waals surface area contributed by atoms with Crippen LogP contribution in [0.4, 0.5) is 5.69 Å². The van der Waals surface area contributed by atoms with Crippen molar-refractivity contribution in [1.82, 2.24) is 9.97 Å². The average molecular weight is 262 g/mol. The molecule has 0 bridgehead atoms. The fourth-order valence-corrected chi connectivity index (χ4v) is 2.73. The standard InChI is InChI=1S/C15H26N4/c1-2-13-14(17-10-6-9-16)11-18-15(19-13)12-7-4-3-5-8-12/h11-12,17H,2-10,16H2,1H3. The van der Waals surface area contributed by atoms with Gasteiger partial charge in [0.05, 0.1) is 17.6 Å². The van der Waals surface area contributed by atoms with E-state index in [1.54, 1.807) is 0 Å². The maximum atomic E-state index is 5.51. The number of hydrogen-bond acceptors (Lipinski definition) is 4. The van der Waals surface area contributed by atoms with Crippen molar-refractivity contribution >= 4 is 5.69 Å². The summed E-state index contributed by atoms with van der Waals surface area (Å²) in [5.41, 5.74) is 7.74. The third-order valence-corrected chi connectivity index (χ3v) is 3.89. The summed E-state index contributed by atoms with van der Waals surface area (Å²) in [6, 6.07) is 0. The van der Waals surface area contributed by atoms with Crippen LogP contribution in [-0.4, -0.2) is 23.1 Å². The van der Waals surface area contributed by atoms with Gasteiger partial charge in [-0.15, -0.1) is 0 Å². The van der Waals surface area contributed by atoms with Crippen molar-refractivity contribution < 1.29 is 0 Å². The van der Waals surface area contributed by atoms with E-state index in [1.807, 2.05) is 6.20 Å². The first kappa shape index (κ1) is 14.3. The molecule has 1 aromatic heterocycles. The molecule has 4 nitrogen and oxygen atoms in total. The third-order valence-electron chi connectivity index (χ3n) is 3.89. The molecular weight excluding hydrogens is 236 g/mol. The highest BCUT2D eigenvalue weighted by molar-refractivity contribution is 5.46. The van der Waals surface area contributed by atoms with Gasteiger partial charge in [-0.25, -0.2) is 9.97 Å². The summed E-state index contributed by atoms with van der Waals surface area (Å²) in [4.78, 5) is 9.37. The topological polar surface area (TPSA) is 63.8 Å². The van der Waals surface area contributed by atoms with Gasteiger partial charge in [-0.3, -0.25) is 0 Å². The minimum atomic E-state index is 0.581.